The molecule has 0 aliphatic carbocycles. The lowest BCUT2D eigenvalue weighted by atomic mass is 10.0. The van der Waals surface area contributed by atoms with Gasteiger partial charge in [-0.1, -0.05) is 30.3 Å². The first kappa shape index (κ1) is 13.4. The summed E-state index contributed by atoms with van der Waals surface area (Å²) < 4.78 is 6.69. The second-order valence-electron chi connectivity index (χ2n) is 5.05. The normalized spacial score (nSPS) is 12.8. The van der Waals surface area contributed by atoms with E-state index in [0.717, 1.165) is 21.0 Å². The van der Waals surface area contributed by atoms with E-state index in [1.807, 2.05) is 49.4 Å². The average Bonchev–Trinajstić information content (AvgIpc) is 2.86. The van der Waals surface area contributed by atoms with Gasteiger partial charge in [0.1, 0.15) is 17.4 Å². The first-order chi connectivity index (χ1) is 9.56. The highest BCUT2D eigenvalue weighted by atomic mass is 79.9. The zero-order chi connectivity index (χ0) is 14.3. The van der Waals surface area contributed by atoms with Crippen LogP contribution in [0.2, 0.25) is 0 Å². The zero-order valence-electron chi connectivity index (χ0n) is 11.4. The van der Waals surface area contributed by atoms with Crippen LogP contribution in [0.25, 0.3) is 11.0 Å². The summed E-state index contributed by atoms with van der Waals surface area (Å²) >= 11 is 3.46. The van der Waals surface area contributed by atoms with Crippen LogP contribution in [0.1, 0.15) is 28.6 Å². The van der Waals surface area contributed by atoms with Crippen molar-refractivity contribution in [1.82, 2.24) is 0 Å². The van der Waals surface area contributed by atoms with Gasteiger partial charge in [0.2, 0.25) is 0 Å². The van der Waals surface area contributed by atoms with Crippen molar-refractivity contribution in [2.24, 2.45) is 0 Å². The van der Waals surface area contributed by atoms with Crippen LogP contribution in [-0.4, -0.2) is 5.11 Å². The molecule has 1 heterocycles. The number of para-hydroxylation sites is 1. The second kappa shape index (κ2) is 5.08. The van der Waals surface area contributed by atoms with Crippen LogP contribution >= 0.6 is 15.9 Å². The van der Waals surface area contributed by atoms with Crippen molar-refractivity contribution in [3.8, 4) is 0 Å². The molecule has 2 aromatic carbocycles. The van der Waals surface area contributed by atoms with E-state index in [0.29, 0.717) is 5.76 Å². The molecular formula is C17H15BrO2. The van der Waals surface area contributed by atoms with Crippen LogP contribution in [0, 0.1) is 13.8 Å². The second-order valence-corrected chi connectivity index (χ2v) is 5.91. The smallest absolute Gasteiger partial charge is 0.148 e. The standard InChI is InChI=1S/C17H15BrO2/c1-10-6-7-12(8-11(10)2)16(19)15-9-13-4-3-5-14(18)17(13)20-15/h3-9,16,19H,1-2H3. The summed E-state index contributed by atoms with van der Waals surface area (Å²) in [5, 5.41) is 11.5. The number of benzene rings is 2. The largest absolute Gasteiger partial charge is 0.457 e. The fraction of sp³-hybridized carbons (Fsp3) is 0.176. The van der Waals surface area contributed by atoms with Crippen molar-refractivity contribution in [2.75, 3.05) is 0 Å². The van der Waals surface area contributed by atoms with Gasteiger partial charge in [-0.15, -0.1) is 0 Å². The minimum atomic E-state index is -0.742. The molecule has 1 atom stereocenters. The lowest BCUT2D eigenvalue weighted by Crippen LogP contribution is -1.98. The van der Waals surface area contributed by atoms with E-state index in [1.54, 1.807) is 0 Å². The molecule has 0 spiro atoms. The summed E-state index contributed by atoms with van der Waals surface area (Å²) in [4.78, 5) is 0. The number of furan rings is 1. The number of fused-ring (bicyclic) bond motifs is 1. The number of rotatable bonds is 2. The van der Waals surface area contributed by atoms with E-state index in [1.165, 1.54) is 11.1 Å². The molecule has 0 saturated carbocycles. The highest BCUT2D eigenvalue weighted by Crippen LogP contribution is 2.32. The molecule has 102 valence electrons. The van der Waals surface area contributed by atoms with Gasteiger partial charge in [-0.25, -0.2) is 0 Å². The number of aryl methyl sites for hydroxylation is 2. The molecule has 20 heavy (non-hydrogen) atoms. The fourth-order valence-electron chi connectivity index (χ4n) is 2.28. The van der Waals surface area contributed by atoms with E-state index in [-0.39, 0.29) is 0 Å². The summed E-state index contributed by atoms with van der Waals surface area (Å²) in [6.45, 7) is 4.10. The van der Waals surface area contributed by atoms with Crippen LogP contribution in [0.3, 0.4) is 0 Å². The molecule has 3 aromatic rings. The maximum Gasteiger partial charge on any atom is 0.148 e. The number of hydrogen-bond donors (Lipinski definition) is 1. The molecule has 1 N–H and O–H groups in total. The van der Waals surface area contributed by atoms with Gasteiger partial charge in [0.15, 0.2) is 0 Å². The van der Waals surface area contributed by atoms with Gasteiger partial charge >= 0.3 is 0 Å². The first-order valence-electron chi connectivity index (χ1n) is 6.49. The minimum absolute atomic E-state index is 0.565. The van der Waals surface area contributed by atoms with Gasteiger partial charge in [0.25, 0.3) is 0 Å². The summed E-state index contributed by atoms with van der Waals surface area (Å²) in [6.07, 6.45) is -0.742. The van der Waals surface area contributed by atoms with E-state index in [9.17, 15) is 5.11 Å². The maximum atomic E-state index is 10.5. The Morgan fingerprint density at radius 3 is 2.55 bits per heavy atom. The van der Waals surface area contributed by atoms with Crippen LogP contribution in [0.4, 0.5) is 0 Å². The lowest BCUT2D eigenvalue weighted by Gasteiger charge is -2.10. The van der Waals surface area contributed by atoms with Gasteiger partial charge in [-0.2, -0.15) is 0 Å². The summed E-state index contributed by atoms with van der Waals surface area (Å²) in [5.41, 5.74) is 4.00. The van der Waals surface area contributed by atoms with Crippen molar-refractivity contribution < 1.29 is 9.52 Å². The molecule has 0 amide bonds. The summed E-state index contributed by atoms with van der Waals surface area (Å²) in [5.74, 6) is 0.565. The van der Waals surface area contributed by atoms with Gasteiger partial charge < -0.3 is 9.52 Å². The number of aliphatic hydroxyl groups is 1. The van der Waals surface area contributed by atoms with Gasteiger partial charge in [0, 0.05) is 5.39 Å². The van der Waals surface area contributed by atoms with Crippen LogP contribution in [-0.2, 0) is 0 Å². The Hall–Kier alpha value is -1.58. The third-order valence-corrected chi connectivity index (χ3v) is 4.26. The molecular weight excluding hydrogens is 316 g/mol. The Kier molecular flexibility index (Phi) is 3.40. The Morgan fingerprint density at radius 2 is 1.85 bits per heavy atom. The van der Waals surface area contributed by atoms with Crippen molar-refractivity contribution in [1.29, 1.82) is 0 Å². The minimum Gasteiger partial charge on any atom is -0.457 e. The molecule has 0 aliphatic heterocycles. The molecule has 3 rings (SSSR count). The summed E-state index contributed by atoms with van der Waals surface area (Å²) in [7, 11) is 0. The number of aliphatic hydroxyl groups excluding tert-OH is 1. The quantitative estimate of drug-likeness (QED) is 0.725. The predicted molar refractivity (Wildman–Crippen MR) is 83.9 cm³/mol. The van der Waals surface area contributed by atoms with Gasteiger partial charge in [-0.3, -0.25) is 0 Å². The highest BCUT2D eigenvalue weighted by molar-refractivity contribution is 9.10. The number of halogens is 1. The lowest BCUT2D eigenvalue weighted by molar-refractivity contribution is 0.192. The Morgan fingerprint density at radius 1 is 1.05 bits per heavy atom. The van der Waals surface area contributed by atoms with Crippen molar-refractivity contribution in [3.63, 3.8) is 0 Å². The maximum absolute atomic E-state index is 10.5. The van der Waals surface area contributed by atoms with E-state index in [2.05, 4.69) is 22.9 Å². The van der Waals surface area contributed by atoms with E-state index < -0.39 is 6.10 Å². The molecule has 0 aliphatic rings. The van der Waals surface area contributed by atoms with Crippen molar-refractivity contribution in [2.45, 2.75) is 20.0 Å². The third-order valence-electron chi connectivity index (χ3n) is 3.63. The Balaban J connectivity index is 2.05. The monoisotopic (exact) mass is 330 g/mol. The van der Waals surface area contributed by atoms with Crippen LogP contribution < -0.4 is 0 Å². The Bertz CT molecular complexity index is 774. The zero-order valence-corrected chi connectivity index (χ0v) is 12.9. The highest BCUT2D eigenvalue weighted by Gasteiger charge is 2.17. The predicted octanol–water partition coefficient (Wildman–Crippen LogP) is 4.89. The van der Waals surface area contributed by atoms with Gasteiger partial charge in [0.05, 0.1) is 4.47 Å². The van der Waals surface area contributed by atoms with E-state index in [4.69, 9.17) is 4.42 Å². The SMILES string of the molecule is Cc1ccc(C(O)c2cc3cccc(Br)c3o2)cc1C. The number of hydrogen-bond acceptors (Lipinski definition) is 2. The first-order valence-corrected chi connectivity index (χ1v) is 7.29. The van der Waals surface area contributed by atoms with Crippen LogP contribution in [0.15, 0.2) is 51.4 Å². The van der Waals surface area contributed by atoms with Gasteiger partial charge in [-0.05, 0) is 58.6 Å². The molecule has 0 bridgehead atoms. The molecule has 1 aromatic heterocycles. The summed E-state index contributed by atoms with van der Waals surface area (Å²) in [6, 6.07) is 13.7. The molecule has 0 fully saturated rings. The molecule has 0 saturated heterocycles. The Labute approximate surface area is 126 Å². The van der Waals surface area contributed by atoms with Crippen molar-refractivity contribution in [3.05, 3.63) is 69.4 Å². The molecule has 2 nitrogen and oxygen atoms in total. The third kappa shape index (κ3) is 2.28. The molecule has 1 unspecified atom stereocenters. The molecule has 0 radical (unpaired) electrons. The molecule has 3 heteroatoms. The topological polar surface area (TPSA) is 33.4 Å². The van der Waals surface area contributed by atoms with Crippen molar-refractivity contribution >= 4 is 26.9 Å². The van der Waals surface area contributed by atoms with Crippen LogP contribution in [0.5, 0.6) is 0 Å². The van der Waals surface area contributed by atoms with E-state index >= 15 is 0 Å². The average molecular weight is 331 g/mol. The fourth-order valence-corrected chi connectivity index (χ4v) is 2.74.